The van der Waals surface area contributed by atoms with Crippen molar-refractivity contribution in [2.24, 2.45) is 5.10 Å². The van der Waals surface area contributed by atoms with Crippen LogP contribution in [-0.4, -0.2) is 57.9 Å². The highest BCUT2D eigenvalue weighted by atomic mass is 19.1. The average Bonchev–Trinajstić information content (AvgIpc) is 2.96. The first-order valence-corrected chi connectivity index (χ1v) is 12.1. The van der Waals surface area contributed by atoms with Crippen molar-refractivity contribution in [1.29, 1.82) is 0 Å². The van der Waals surface area contributed by atoms with Gasteiger partial charge in [0.05, 0.1) is 39.3 Å². The molecule has 3 aromatic rings. The van der Waals surface area contributed by atoms with Gasteiger partial charge in [0.1, 0.15) is 5.82 Å². The predicted molar refractivity (Wildman–Crippen MR) is 146 cm³/mol. The molecule has 0 bridgehead atoms. The molecule has 0 aliphatic heterocycles. The number of nitrogens with zero attached hydrogens (tertiary/aromatic N) is 1. The molecule has 3 N–H and O–H groups in total. The zero-order chi connectivity index (χ0) is 28.9. The minimum absolute atomic E-state index is 0.0512. The number of para-hydroxylation sites is 1. The maximum absolute atomic E-state index is 13.7. The zero-order valence-corrected chi connectivity index (χ0v) is 22.2. The van der Waals surface area contributed by atoms with Gasteiger partial charge in [-0.05, 0) is 61.0 Å². The first kappa shape index (κ1) is 29.4. The molecule has 0 spiro atoms. The summed E-state index contributed by atoms with van der Waals surface area (Å²) in [5.41, 5.74) is 3.25. The summed E-state index contributed by atoms with van der Waals surface area (Å²) in [6.07, 6.45) is 1.38. The van der Waals surface area contributed by atoms with Crippen LogP contribution < -0.4 is 35.0 Å². The number of methoxy groups -OCH3 is 2. The number of benzene rings is 3. The average molecular weight is 553 g/mol. The molecule has 0 radical (unpaired) electrons. The fraction of sp³-hybridized carbons (Fsp3) is 0.214. The Morgan fingerprint density at radius 3 is 2.35 bits per heavy atom. The SMILES string of the molecule is CCOc1cc(C=NNC(=O)CNC(=O)c2ccc(OC)c(OC)c2)ccc1OCC(=O)Nc1ccccc1F. The van der Waals surface area contributed by atoms with Gasteiger partial charge in [-0.3, -0.25) is 14.4 Å². The number of carbonyl (C=O) groups is 3. The molecular formula is C28H29FN4O7. The van der Waals surface area contributed by atoms with Crippen LogP contribution in [-0.2, 0) is 9.59 Å². The molecule has 11 nitrogen and oxygen atoms in total. The van der Waals surface area contributed by atoms with E-state index in [9.17, 15) is 18.8 Å². The Morgan fingerprint density at radius 1 is 0.875 bits per heavy atom. The predicted octanol–water partition coefficient (Wildman–Crippen LogP) is 3.14. The highest BCUT2D eigenvalue weighted by Gasteiger charge is 2.13. The van der Waals surface area contributed by atoms with E-state index in [1.165, 1.54) is 44.7 Å². The van der Waals surface area contributed by atoms with Gasteiger partial charge >= 0.3 is 0 Å². The zero-order valence-electron chi connectivity index (χ0n) is 22.2. The Bertz CT molecular complexity index is 1380. The molecule has 0 aliphatic rings. The first-order chi connectivity index (χ1) is 19.3. The number of carbonyl (C=O) groups excluding carboxylic acids is 3. The van der Waals surface area contributed by atoms with Crippen molar-refractivity contribution in [3.05, 3.63) is 77.6 Å². The summed E-state index contributed by atoms with van der Waals surface area (Å²) in [6, 6.07) is 15.3. The maximum Gasteiger partial charge on any atom is 0.262 e. The topological polar surface area (TPSA) is 137 Å². The van der Waals surface area contributed by atoms with E-state index < -0.39 is 23.5 Å². The normalized spacial score (nSPS) is 10.5. The van der Waals surface area contributed by atoms with E-state index in [4.69, 9.17) is 18.9 Å². The Morgan fingerprint density at radius 2 is 1.62 bits per heavy atom. The maximum atomic E-state index is 13.7. The number of hydrazone groups is 1. The number of hydrogen-bond donors (Lipinski definition) is 3. The summed E-state index contributed by atoms with van der Waals surface area (Å²) in [6.45, 7) is 1.43. The summed E-state index contributed by atoms with van der Waals surface area (Å²) in [7, 11) is 2.94. The number of halogens is 1. The molecular weight excluding hydrogens is 523 g/mol. The second kappa shape index (κ2) is 14.7. The van der Waals surface area contributed by atoms with Crippen molar-refractivity contribution in [2.45, 2.75) is 6.92 Å². The fourth-order valence-corrected chi connectivity index (χ4v) is 3.34. The Kier molecular flexibility index (Phi) is 10.8. The van der Waals surface area contributed by atoms with Gasteiger partial charge in [-0.1, -0.05) is 12.1 Å². The van der Waals surface area contributed by atoms with Crippen LogP contribution in [0.25, 0.3) is 0 Å². The van der Waals surface area contributed by atoms with Gasteiger partial charge in [-0.25, -0.2) is 9.82 Å². The standard InChI is InChI=1S/C28H29FN4O7/c1-4-39-25-13-18(9-11-23(25)40-17-27(35)32-21-8-6-5-7-20(21)29)15-31-33-26(34)16-30-28(36)19-10-12-22(37-2)24(14-19)38-3/h5-15H,4,16-17H2,1-3H3,(H,30,36)(H,32,35)(H,33,34). The van der Waals surface area contributed by atoms with E-state index in [0.717, 1.165) is 0 Å². The lowest BCUT2D eigenvalue weighted by molar-refractivity contribution is -0.120. The van der Waals surface area contributed by atoms with E-state index in [1.54, 1.807) is 43.3 Å². The van der Waals surface area contributed by atoms with E-state index in [-0.39, 0.29) is 18.8 Å². The molecule has 3 aromatic carbocycles. The van der Waals surface area contributed by atoms with Crippen LogP contribution in [0.4, 0.5) is 10.1 Å². The molecule has 0 saturated carbocycles. The third kappa shape index (κ3) is 8.45. The van der Waals surface area contributed by atoms with Crippen LogP contribution in [0.3, 0.4) is 0 Å². The molecule has 0 fully saturated rings. The van der Waals surface area contributed by atoms with Crippen LogP contribution in [0.15, 0.2) is 65.8 Å². The number of nitrogens with one attached hydrogen (secondary N) is 3. The Labute approximate surface area is 230 Å². The van der Waals surface area contributed by atoms with Crippen LogP contribution in [0, 0.1) is 5.82 Å². The molecule has 12 heteroatoms. The second-order valence-corrected chi connectivity index (χ2v) is 8.00. The quantitative estimate of drug-likeness (QED) is 0.219. The second-order valence-electron chi connectivity index (χ2n) is 8.00. The van der Waals surface area contributed by atoms with Crippen LogP contribution in [0.2, 0.25) is 0 Å². The van der Waals surface area contributed by atoms with Crippen molar-refractivity contribution >= 4 is 29.6 Å². The Hall–Kier alpha value is -5.13. The van der Waals surface area contributed by atoms with Gasteiger partial charge < -0.3 is 29.6 Å². The first-order valence-electron chi connectivity index (χ1n) is 12.1. The molecule has 0 saturated heterocycles. The highest BCUT2D eigenvalue weighted by Crippen LogP contribution is 2.29. The van der Waals surface area contributed by atoms with Crippen molar-refractivity contribution in [3.63, 3.8) is 0 Å². The van der Waals surface area contributed by atoms with Gasteiger partial charge in [0.15, 0.2) is 29.6 Å². The summed E-state index contributed by atoms with van der Waals surface area (Å²) in [5, 5.41) is 8.83. The fourth-order valence-electron chi connectivity index (χ4n) is 3.34. The van der Waals surface area contributed by atoms with Gasteiger partial charge in [-0.2, -0.15) is 5.10 Å². The number of rotatable bonds is 13. The number of ether oxygens (including phenoxy) is 4. The molecule has 3 amide bonds. The van der Waals surface area contributed by atoms with Crippen molar-refractivity contribution in [2.75, 3.05) is 39.3 Å². The Balaban J connectivity index is 1.51. The summed E-state index contributed by atoms with van der Waals surface area (Å²) in [4.78, 5) is 36.6. The smallest absolute Gasteiger partial charge is 0.262 e. The van der Waals surface area contributed by atoms with Crippen molar-refractivity contribution < 1.29 is 37.7 Å². The number of anilines is 1. The van der Waals surface area contributed by atoms with Crippen molar-refractivity contribution in [1.82, 2.24) is 10.7 Å². The third-order valence-corrected chi connectivity index (χ3v) is 5.23. The highest BCUT2D eigenvalue weighted by molar-refractivity contribution is 5.97. The van der Waals surface area contributed by atoms with Crippen LogP contribution >= 0.6 is 0 Å². The molecule has 3 rings (SSSR count). The van der Waals surface area contributed by atoms with Gasteiger partial charge in [0, 0.05) is 5.56 Å². The minimum Gasteiger partial charge on any atom is -0.493 e. The molecule has 210 valence electrons. The molecule has 0 heterocycles. The van der Waals surface area contributed by atoms with E-state index in [2.05, 4.69) is 21.2 Å². The van der Waals surface area contributed by atoms with Crippen molar-refractivity contribution in [3.8, 4) is 23.0 Å². The lowest BCUT2D eigenvalue weighted by Gasteiger charge is -2.13. The lowest BCUT2D eigenvalue weighted by atomic mass is 10.2. The summed E-state index contributed by atoms with van der Waals surface area (Å²) in [5.74, 6) is -0.610. The van der Waals surface area contributed by atoms with Crippen LogP contribution in [0.1, 0.15) is 22.8 Å². The molecule has 40 heavy (non-hydrogen) atoms. The van der Waals surface area contributed by atoms with E-state index >= 15 is 0 Å². The third-order valence-electron chi connectivity index (χ3n) is 5.23. The monoisotopic (exact) mass is 552 g/mol. The van der Waals surface area contributed by atoms with E-state index in [0.29, 0.717) is 40.7 Å². The number of hydrogen-bond acceptors (Lipinski definition) is 8. The minimum atomic E-state index is -0.554. The molecule has 0 unspecified atom stereocenters. The lowest BCUT2D eigenvalue weighted by Crippen LogP contribution is -2.34. The van der Waals surface area contributed by atoms with Gasteiger partial charge in [0.2, 0.25) is 0 Å². The van der Waals surface area contributed by atoms with Crippen LogP contribution in [0.5, 0.6) is 23.0 Å². The molecule has 0 atom stereocenters. The largest absolute Gasteiger partial charge is 0.493 e. The van der Waals surface area contributed by atoms with Gasteiger partial charge in [-0.15, -0.1) is 0 Å². The summed E-state index contributed by atoms with van der Waals surface area (Å²) >= 11 is 0. The molecule has 0 aromatic heterocycles. The summed E-state index contributed by atoms with van der Waals surface area (Å²) < 4.78 is 35.2. The van der Waals surface area contributed by atoms with Gasteiger partial charge in [0.25, 0.3) is 17.7 Å². The molecule has 0 aliphatic carbocycles. The van der Waals surface area contributed by atoms with E-state index in [1.807, 2.05) is 0 Å². The number of amides is 3.